The van der Waals surface area contributed by atoms with E-state index in [0.29, 0.717) is 11.3 Å². The number of aryl methyl sites for hydroxylation is 1. The second kappa shape index (κ2) is 8.73. The molecule has 1 aromatic heterocycles. The molecule has 2 amide bonds. The normalized spacial score (nSPS) is 10.6. The molecule has 0 radical (unpaired) electrons. The molecule has 0 fully saturated rings. The predicted molar refractivity (Wildman–Crippen MR) is 107 cm³/mol. The zero-order chi connectivity index (χ0) is 19.9. The Kier molecular flexibility index (Phi) is 5.91. The SMILES string of the molecule is COc1ccc(/C=N/N(C(=O)c2ccc(C)cc2)C(=O)c2cccnc2)cc1. The summed E-state index contributed by atoms with van der Waals surface area (Å²) < 4.78 is 5.13. The van der Waals surface area contributed by atoms with Crippen LogP contribution >= 0.6 is 0 Å². The summed E-state index contributed by atoms with van der Waals surface area (Å²) in [6.07, 6.45) is 4.42. The summed E-state index contributed by atoms with van der Waals surface area (Å²) in [5.74, 6) is -0.363. The highest BCUT2D eigenvalue weighted by Gasteiger charge is 2.24. The van der Waals surface area contributed by atoms with Crippen molar-refractivity contribution < 1.29 is 14.3 Å². The molecule has 0 atom stereocenters. The summed E-state index contributed by atoms with van der Waals surface area (Å²) in [5.41, 5.74) is 2.38. The third-order valence-electron chi connectivity index (χ3n) is 4.03. The van der Waals surface area contributed by atoms with Crippen LogP contribution in [0.25, 0.3) is 0 Å². The van der Waals surface area contributed by atoms with Gasteiger partial charge in [-0.15, -0.1) is 0 Å². The van der Waals surface area contributed by atoms with Gasteiger partial charge in [-0.1, -0.05) is 17.7 Å². The number of ether oxygens (including phenoxy) is 1. The number of amides is 2. The van der Waals surface area contributed by atoms with Crippen LogP contribution < -0.4 is 4.74 Å². The number of carbonyl (C=O) groups excluding carboxylic acids is 2. The van der Waals surface area contributed by atoms with Gasteiger partial charge in [0.1, 0.15) is 5.75 Å². The van der Waals surface area contributed by atoms with Crippen molar-refractivity contribution in [3.63, 3.8) is 0 Å². The number of hydrogen-bond donors (Lipinski definition) is 0. The first-order chi connectivity index (χ1) is 13.6. The van der Waals surface area contributed by atoms with E-state index >= 15 is 0 Å². The minimum absolute atomic E-state index is 0.273. The van der Waals surface area contributed by atoms with Gasteiger partial charge in [-0.05, 0) is 61.0 Å². The van der Waals surface area contributed by atoms with Gasteiger partial charge >= 0.3 is 0 Å². The number of pyridine rings is 1. The number of rotatable bonds is 5. The van der Waals surface area contributed by atoms with Crippen molar-refractivity contribution in [2.75, 3.05) is 7.11 Å². The molecule has 3 aromatic rings. The number of imide groups is 1. The molecule has 0 bridgehead atoms. The second-order valence-corrected chi connectivity index (χ2v) is 6.05. The Morgan fingerprint density at radius 3 is 2.25 bits per heavy atom. The van der Waals surface area contributed by atoms with Gasteiger partial charge in [0.05, 0.1) is 18.9 Å². The number of carbonyl (C=O) groups is 2. The highest BCUT2D eigenvalue weighted by Crippen LogP contribution is 2.13. The van der Waals surface area contributed by atoms with Gasteiger partial charge in [0.2, 0.25) is 0 Å². The van der Waals surface area contributed by atoms with E-state index in [4.69, 9.17) is 4.74 Å². The van der Waals surface area contributed by atoms with Crippen molar-refractivity contribution in [3.8, 4) is 5.75 Å². The molecular formula is C22H19N3O3. The lowest BCUT2D eigenvalue weighted by Gasteiger charge is -2.15. The molecule has 0 aliphatic heterocycles. The van der Waals surface area contributed by atoms with E-state index in [1.54, 1.807) is 61.8 Å². The molecule has 0 N–H and O–H groups in total. The molecule has 0 spiro atoms. The van der Waals surface area contributed by atoms with Crippen LogP contribution in [0.15, 0.2) is 78.2 Å². The van der Waals surface area contributed by atoms with Crippen molar-refractivity contribution in [2.45, 2.75) is 6.92 Å². The summed E-state index contributed by atoms with van der Waals surface area (Å²) in [5, 5.41) is 5.02. The second-order valence-electron chi connectivity index (χ2n) is 6.05. The van der Waals surface area contributed by atoms with Gasteiger partial charge in [0.25, 0.3) is 11.8 Å². The maximum atomic E-state index is 12.9. The van der Waals surface area contributed by atoms with E-state index in [9.17, 15) is 9.59 Å². The van der Waals surface area contributed by atoms with E-state index < -0.39 is 11.8 Å². The molecule has 1 heterocycles. The standard InChI is InChI=1S/C22H19N3O3/c1-16-5-9-18(10-6-16)21(26)25(22(27)19-4-3-13-23-15-19)24-14-17-7-11-20(28-2)12-8-17/h3-15H,1-2H3/b24-14+. The van der Waals surface area contributed by atoms with Crippen LogP contribution in [0.5, 0.6) is 5.75 Å². The third-order valence-corrected chi connectivity index (χ3v) is 4.03. The summed E-state index contributed by atoms with van der Waals surface area (Å²) in [7, 11) is 1.58. The Bertz CT molecular complexity index is 982. The Morgan fingerprint density at radius 2 is 1.64 bits per heavy atom. The zero-order valence-corrected chi connectivity index (χ0v) is 15.6. The average molecular weight is 373 g/mol. The van der Waals surface area contributed by atoms with Crippen LogP contribution in [0.1, 0.15) is 31.8 Å². The molecule has 2 aromatic carbocycles. The summed E-state index contributed by atoms with van der Waals surface area (Å²) >= 11 is 0. The van der Waals surface area contributed by atoms with E-state index in [-0.39, 0.29) is 5.56 Å². The van der Waals surface area contributed by atoms with Gasteiger partial charge in [0.15, 0.2) is 0 Å². The fourth-order valence-corrected chi connectivity index (χ4v) is 2.44. The molecule has 0 saturated heterocycles. The highest BCUT2D eigenvalue weighted by atomic mass is 16.5. The van der Waals surface area contributed by atoms with Crippen molar-refractivity contribution in [1.82, 2.24) is 9.99 Å². The van der Waals surface area contributed by atoms with Gasteiger partial charge in [0, 0.05) is 18.0 Å². The van der Waals surface area contributed by atoms with Crippen LogP contribution in [0, 0.1) is 6.92 Å². The van der Waals surface area contributed by atoms with Crippen LogP contribution in [0.3, 0.4) is 0 Å². The fourth-order valence-electron chi connectivity index (χ4n) is 2.44. The minimum Gasteiger partial charge on any atom is -0.497 e. The van der Waals surface area contributed by atoms with Gasteiger partial charge in [-0.25, -0.2) is 0 Å². The number of nitrogens with zero attached hydrogens (tertiary/aromatic N) is 3. The van der Waals surface area contributed by atoms with Crippen molar-refractivity contribution in [1.29, 1.82) is 0 Å². The average Bonchev–Trinajstić information content (AvgIpc) is 2.75. The molecule has 0 unspecified atom stereocenters. The zero-order valence-electron chi connectivity index (χ0n) is 15.6. The Morgan fingerprint density at radius 1 is 0.964 bits per heavy atom. The number of methoxy groups -OCH3 is 1. The first kappa shape index (κ1) is 19.0. The first-order valence-electron chi connectivity index (χ1n) is 8.62. The Balaban J connectivity index is 1.93. The van der Waals surface area contributed by atoms with Gasteiger partial charge in [-0.3, -0.25) is 14.6 Å². The lowest BCUT2D eigenvalue weighted by Crippen LogP contribution is -2.32. The lowest BCUT2D eigenvalue weighted by atomic mass is 10.1. The van der Waals surface area contributed by atoms with Gasteiger partial charge in [-0.2, -0.15) is 10.1 Å². The largest absolute Gasteiger partial charge is 0.497 e. The van der Waals surface area contributed by atoms with Gasteiger partial charge < -0.3 is 4.74 Å². The lowest BCUT2D eigenvalue weighted by molar-refractivity contribution is 0.0621. The Hall–Kier alpha value is -3.80. The quantitative estimate of drug-likeness (QED) is 0.388. The van der Waals surface area contributed by atoms with Crippen molar-refractivity contribution in [3.05, 3.63) is 95.3 Å². The van der Waals surface area contributed by atoms with E-state index in [1.165, 1.54) is 12.4 Å². The number of aromatic nitrogens is 1. The number of hydrazone groups is 1. The molecule has 3 rings (SSSR count). The summed E-state index contributed by atoms with van der Waals surface area (Å²) in [4.78, 5) is 29.8. The molecule has 0 aliphatic rings. The van der Waals surface area contributed by atoms with Crippen LogP contribution in [0.4, 0.5) is 0 Å². The number of hydrogen-bond acceptors (Lipinski definition) is 5. The van der Waals surface area contributed by atoms with Crippen molar-refractivity contribution in [2.24, 2.45) is 5.10 Å². The molecule has 0 aliphatic carbocycles. The fraction of sp³-hybridized carbons (Fsp3) is 0.0909. The maximum Gasteiger partial charge on any atom is 0.283 e. The van der Waals surface area contributed by atoms with Crippen LogP contribution in [-0.4, -0.2) is 35.1 Å². The monoisotopic (exact) mass is 373 g/mol. The minimum atomic E-state index is -0.552. The maximum absolute atomic E-state index is 12.9. The van der Waals surface area contributed by atoms with Crippen molar-refractivity contribution >= 4 is 18.0 Å². The molecule has 6 heteroatoms. The molecule has 140 valence electrons. The van der Waals surface area contributed by atoms with E-state index in [1.807, 2.05) is 19.1 Å². The predicted octanol–water partition coefficient (Wildman–Crippen LogP) is 3.72. The topological polar surface area (TPSA) is 71.9 Å². The van der Waals surface area contributed by atoms with Crippen LogP contribution in [0.2, 0.25) is 0 Å². The number of benzene rings is 2. The van der Waals surface area contributed by atoms with E-state index in [0.717, 1.165) is 16.1 Å². The third kappa shape index (κ3) is 4.48. The van der Waals surface area contributed by atoms with E-state index in [2.05, 4.69) is 10.1 Å². The molecule has 0 saturated carbocycles. The Labute approximate surface area is 163 Å². The van der Waals surface area contributed by atoms with Crippen LogP contribution in [-0.2, 0) is 0 Å². The summed E-state index contributed by atoms with van der Waals surface area (Å²) in [6, 6.07) is 17.3. The smallest absolute Gasteiger partial charge is 0.283 e. The molecule has 28 heavy (non-hydrogen) atoms. The molecular weight excluding hydrogens is 354 g/mol. The first-order valence-corrected chi connectivity index (χ1v) is 8.62. The summed E-state index contributed by atoms with van der Waals surface area (Å²) in [6.45, 7) is 1.93. The molecule has 6 nitrogen and oxygen atoms in total. The highest BCUT2D eigenvalue weighted by molar-refractivity contribution is 6.10.